The molecule has 0 aliphatic carbocycles. The van der Waals surface area contributed by atoms with Crippen molar-refractivity contribution in [3.63, 3.8) is 0 Å². The van der Waals surface area contributed by atoms with Gasteiger partial charge in [0.15, 0.2) is 23.1 Å². The number of morpholine rings is 1. The summed E-state index contributed by atoms with van der Waals surface area (Å²) in [6.45, 7) is 1.54. The van der Waals surface area contributed by atoms with E-state index in [2.05, 4.69) is 25.7 Å². The molecule has 1 aromatic carbocycles. The van der Waals surface area contributed by atoms with Crippen LogP contribution in [0.1, 0.15) is 6.92 Å². The molecular weight excluding hydrogens is 454 g/mol. The average Bonchev–Trinajstić information content (AvgIpc) is 3.24. The number of nitrogen functional groups attached to an aromatic ring is 1. The minimum absolute atomic E-state index is 0.103. The van der Waals surface area contributed by atoms with Crippen molar-refractivity contribution in [3.8, 4) is 11.3 Å². The lowest BCUT2D eigenvalue weighted by atomic mass is 9.95. The zero-order valence-electron chi connectivity index (χ0n) is 18.6. The lowest BCUT2D eigenvalue weighted by Gasteiger charge is -2.38. The first-order chi connectivity index (χ1) is 16.8. The van der Waals surface area contributed by atoms with E-state index >= 15 is 0 Å². The third kappa shape index (κ3) is 4.16. The highest BCUT2D eigenvalue weighted by atomic mass is 16.5. The fourth-order valence-corrected chi connectivity index (χ4v) is 3.80. The molecule has 0 radical (unpaired) electrons. The molecule has 2 atom stereocenters. The number of rotatable bonds is 5. The number of benzene rings is 1. The van der Waals surface area contributed by atoms with Gasteiger partial charge < -0.3 is 25.4 Å². The van der Waals surface area contributed by atoms with Crippen molar-refractivity contribution < 1.29 is 24.0 Å². The summed E-state index contributed by atoms with van der Waals surface area (Å²) < 4.78 is 10.7. The molecule has 12 nitrogen and oxygen atoms in total. The number of amides is 2. The van der Waals surface area contributed by atoms with Crippen molar-refractivity contribution in [1.29, 1.82) is 0 Å². The fraction of sp³-hybridized carbons (Fsp3) is 0.217. The lowest BCUT2D eigenvalue weighted by molar-refractivity contribution is -0.165. The first-order valence-corrected chi connectivity index (χ1v) is 10.7. The van der Waals surface area contributed by atoms with E-state index in [-0.39, 0.29) is 19.0 Å². The molecule has 1 aliphatic rings. The molecule has 2 amide bonds. The summed E-state index contributed by atoms with van der Waals surface area (Å²) in [6, 6.07) is 11.7. The van der Waals surface area contributed by atoms with Crippen LogP contribution in [0.2, 0.25) is 0 Å². The number of nitrogens with zero attached hydrogens (tertiary/aromatic N) is 5. The molecule has 3 aromatic heterocycles. The molecule has 5 rings (SSSR count). The number of aromatic nitrogens is 4. The molecule has 0 bridgehead atoms. The number of fused-ring (bicyclic) bond motifs is 1. The Labute approximate surface area is 198 Å². The molecule has 4 N–H and O–H groups in total. The predicted molar refractivity (Wildman–Crippen MR) is 125 cm³/mol. The van der Waals surface area contributed by atoms with Crippen molar-refractivity contribution in [2.45, 2.75) is 18.6 Å². The van der Waals surface area contributed by atoms with Gasteiger partial charge in [-0.1, -0.05) is 11.2 Å². The Morgan fingerprint density at radius 3 is 2.91 bits per heavy atom. The molecule has 4 aromatic rings. The maximum atomic E-state index is 13.3. The number of nitrogens with two attached hydrogens (primary N) is 1. The van der Waals surface area contributed by atoms with Crippen LogP contribution in [0.25, 0.3) is 22.2 Å². The van der Waals surface area contributed by atoms with Gasteiger partial charge in [-0.3, -0.25) is 14.5 Å². The van der Waals surface area contributed by atoms with Gasteiger partial charge in [0.25, 0.3) is 11.8 Å². The summed E-state index contributed by atoms with van der Waals surface area (Å²) in [7, 11) is 0. The van der Waals surface area contributed by atoms with Crippen LogP contribution in [0.4, 0.5) is 17.3 Å². The Morgan fingerprint density at radius 1 is 1.26 bits per heavy atom. The third-order valence-corrected chi connectivity index (χ3v) is 5.71. The highest BCUT2D eigenvalue weighted by Crippen LogP contribution is 2.28. The van der Waals surface area contributed by atoms with E-state index in [0.29, 0.717) is 28.2 Å². The normalized spacial score (nSPS) is 17.8. The van der Waals surface area contributed by atoms with Crippen LogP contribution in [-0.2, 0) is 14.3 Å². The first kappa shape index (κ1) is 22.4. The number of carbonyl (C=O) groups is 2. The van der Waals surface area contributed by atoms with Gasteiger partial charge >= 0.3 is 0 Å². The topological polar surface area (TPSA) is 170 Å². The molecule has 178 valence electrons. The minimum Gasteiger partial charge on any atom is -0.380 e. The standard InChI is InChI=1S/C23H21N7O5/c1-23(33,22(32)27-14-5-6-15-17(11-14)35-29-20(15)24)19-21(31)30(9-10-34-19)18-4-2-3-16(28-18)13-7-8-25-26-12-13/h2-8,11-12,19,33H,9-10H2,1H3,(H2,24,29)(H,27,32)/t19-,23+/m0/s1. The zero-order valence-corrected chi connectivity index (χ0v) is 18.6. The molecule has 4 heterocycles. The van der Waals surface area contributed by atoms with Gasteiger partial charge in [0.1, 0.15) is 5.82 Å². The number of ether oxygens (including phenoxy) is 1. The van der Waals surface area contributed by atoms with E-state index in [1.54, 1.807) is 48.8 Å². The molecule has 12 heteroatoms. The van der Waals surface area contributed by atoms with Crippen LogP contribution in [0.15, 0.2) is 59.4 Å². The first-order valence-electron chi connectivity index (χ1n) is 10.7. The Hall–Kier alpha value is -4.42. The van der Waals surface area contributed by atoms with Crippen molar-refractivity contribution in [2.75, 3.05) is 29.1 Å². The Balaban J connectivity index is 1.36. The Bertz CT molecular complexity index is 1410. The smallest absolute Gasteiger partial charge is 0.260 e. The quantitative estimate of drug-likeness (QED) is 0.383. The molecule has 35 heavy (non-hydrogen) atoms. The molecule has 1 aliphatic heterocycles. The summed E-state index contributed by atoms with van der Waals surface area (Å²) in [5.74, 6) is -0.826. The van der Waals surface area contributed by atoms with Crippen molar-refractivity contribution >= 4 is 40.1 Å². The van der Waals surface area contributed by atoms with Crippen LogP contribution in [0.5, 0.6) is 0 Å². The fourth-order valence-electron chi connectivity index (χ4n) is 3.80. The van der Waals surface area contributed by atoms with E-state index in [9.17, 15) is 14.7 Å². The minimum atomic E-state index is -2.18. The summed E-state index contributed by atoms with van der Waals surface area (Å²) in [5, 5.41) is 25.5. The number of nitrogens with one attached hydrogen (secondary N) is 1. The van der Waals surface area contributed by atoms with Crippen LogP contribution < -0.4 is 16.0 Å². The number of pyridine rings is 1. The molecule has 0 spiro atoms. The lowest BCUT2D eigenvalue weighted by Crippen LogP contribution is -2.61. The SMILES string of the molecule is C[C@](O)(C(=O)Nc1ccc2c(N)noc2c1)[C@H]1OCCN(c2cccc(-c3ccnnc3)n2)C1=O. The van der Waals surface area contributed by atoms with Crippen LogP contribution >= 0.6 is 0 Å². The van der Waals surface area contributed by atoms with E-state index in [1.807, 2.05) is 0 Å². The van der Waals surface area contributed by atoms with E-state index < -0.39 is 23.5 Å². The maximum Gasteiger partial charge on any atom is 0.260 e. The van der Waals surface area contributed by atoms with Gasteiger partial charge in [0.2, 0.25) is 0 Å². The van der Waals surface area contributed by atoms with Crippen molar-refractivity contribution in [3.05, 3.63) is 54.9 Å². The summed E-state index contributed by atoms with van der Waals surface area (Å²) >= 11 is 0. The van der Waals surface area contributed by atoms with Gasteiger partial charge in [-0.05, 0) is 37.3 Å². The van der Waals surface area contributed by atoms with E-state index in [0.717, 1.165) is 5.56 Å². The second-order valence-electron chi connectivity index (χ2n) is 8.13. The van der Waals surface area contributed by atoms with Gasteiger partial charge in [-0.2, -0.15) is 10.2 Å². The average molecular weight is 475 g/mol. The van der Waals surface area contributed by atoms with Crippen LogP contribution in [0.3, 0.4) is 0 Å². The number of carbonyl (C=O) groups excluding carboxylic acids is 2. The molecular formula is C23H21N7O5. The molecule has 0 saturated carbocycles. The summed E-state index contributed by atoms with van der Waals surface area (Å²) in [4.78, 5) is 32.2. The maximum absolute atomic E-state index is 13.3. The second kappa shape index (κ2) is 8.74. The number of hydrogen-bond acceptors (Lipinski definition) is 10. The second-order valence-corrected chi connectivity index (χ2v) is 8.13. The molecule has 0 unspecified atom stereocenters. The highest BCUT2D eigenvalue weighted by molar-refractivity contribution is 6.06. The van der Waals surface area contributed by atoms with Crippen molar-refractivity contribution in [1.82, 2.24) is 20.3 Å². The predicted octanol–water partition coefficient (Wildman–Crippen LogP) is 1.38. The Morgan fingerprint density at radius 2 is 2.11 bits per heavy atom. The number of anilines is 3. The van der Waals surface area contributed by atoms with Gasteiger partial charge in [-0.15, -0.1) is 0 Å². The summed E-state index contributed by atoms with van der Waals surface area (Å²) in [6.07, 6.45) is 1.66. The number of aliphatic hydroxyl groups is 1. The highest BCUT2D eigenvalue weighted by Gasteiger charge is 2.48. The third-order valence-electron chi connectivity index (χ3n) is 5.71. The molecule has 1 saturated heterocycles. The monoisotopic (exact) mass is 475 g/mol. The van der Waals surface area contributed by atoms with Gasteiger partial charge in [-0.25, -0.2) is 4.98 Å². The zero-order chi connectivity index (χ0) is 24.6. The summed E-state index contributed by atoms with van der Waals surface area (Å²) in [5.41, 5.74) is 5.56. The van der Waals surface area contributed by atoms with Gasteiger partial charge in [0, 0.05) is 17.3 Å². The van der Waals surface area contributed by atoms with Crippen LogP contribution in [0, 0.1) is 0 Å². The van der Waals surface area contributed by atoms with Gasteiger partial charge in [0.05, 0.1) is 36.6 Å². The van der Waals surface area contributed by atoms with Crippen LogP contribution in [-0.4, -0.2) is 62.1 Å². The van der Waals surface area contributed by atoms with E-state index in [4.69, 9.17) is 15.0 Å². The van der Waals surface area contributed by atoms with Crippen molar-refractivity contribution in [2.24, 2.45) is 0 Å². The van der Waals surface area contributed by atoms with E-state index in [1.165, 1.54) is 17.9 Å². The largest absolute Gasteiger partial charge is 0.380 e. The Kier molecular flexibility index (Phi) is 5.59. The molecule has 1 fully saturated rings. The number of hydrogen-bond donors (Lipinski definition) is 3.